The molecule has 3 rings (SSSR count). The van der Waals surface area contributed by atoms with Gasteiger partial charge in [-0.05, 0) is 64.5 Å². The van der Waals surface area contributed by atoms with Crippen molar-refractivity contribution < 1.29 is 0 Å². The Labute approximate surface area is 125 Å². The largest absolute Gasteiger partial charge is 0.312 e. The maximum atomic E-state index is 3.93. The summed E-state index contributed by atoms with van der Waals surface area (Å²) < 4.78 is 0. The van der Waals surface area contributed by atoms with E-state index in [-0.39, 0.29) is 0 Å². The van der Waals surface area contributed by atoms with Gasteiger partial charge in [-0.3, -0.25) is 0 Å². The highest BCUT2D eigenvalue weighted by Gasteiger charge is 2.40. The lowest BCUT2D eigenvalue weighted by atomic mass is 9.80. The van der Waals surface area contributed by atoms with Crippen LogP contribution in [0, 0.1) is 17.8 Å². The van der Waals surface area contributed by atoms with E-state index in [4.69, 9.17) is 0 Å². The van der Waals surface area contributed by atoms with Crippen molar-refractivity contribution in [3.05, 3.63) is 12.2 Å². The van der Waals surface area contributed by atoms with Crippen LogP contribution in [0.5, 0.6) is 0 Å². The first-order valence-corrected chi connectivity index (χ1v) is 8.70. The van der Waals surface area contributed by atoms with E-state index in [9.17, 15) is 0 Å². The fourth-order valence-corrected chi connectivity index (χ4v) is 4.89. The number of fused-ring (bicyclic) bond motifs is 2. The quantitative estimate of drug-likeness (QED) is 0.774. The molecule has 4 atom stereocenters. The summed E-state index contributed by atoms with van der Waals surface area (Å²) in [4.78, 5) is 2.49. The molecule has 20 heavy (non-hydrogen) atoms. The number of nitrogens with one attached hydrogen (secondary N) is 1. The highest BCUT2D eigenvalue weighted by Crippen LogP contribution is 2.45. The lowest BCUT2D eigenvalue weighted by molar-refractivity contribution is 0.0919. The first-order valence-electron chi connectivity index (χ1n) is 8.70. The Morgan fingerprint density at radius 2 is 1.90 bits per heavy atom. The van der Waals surface area contributed by atoms with Crippen molar-refractivity contribution in [3.63, 3.8) is 0 Å². The van der Waals surface area contributed by atoms with Crippen molar-refractivity contribution in [3.8, 4) is 0 Å². The second kappa shape index (κ2) is 5.81. The van der Waals surface area contributed by atoms with Crippen LogP contribution in [-0.2, 0) is 0 Å². The number of allylic oxidation sites excluding steroid dienone is 2. The molecule has 114 valence electrons. The van der Waals surface area contributed by atoms with Crippen molar-refractivity contribution in [1.82, 2.24) is 10.2 Å². The van der Waals surface area contributed by atoms with E-state index in [0.29, 0.717) is 11.6 Å². The number of nitrogens with zero attached hydrogens (tertiary/aromatic N) is 1. The Kier molecular flexibility index (Phi) is 4.24. The average molecular weight is 276 g/mol. The molecule has 0 spiro atoms. The van der Waals surface area contributed by atoms with Crippen LogP contribution in [0.4, 0.5) is 0 Å². The molecule has 0 radical (unpaired) electrons. The molecule has 2 nitrogen and oxygen atoms in total. The van der Waals surface area contributed by atoms with Crippen LogP contribution in [0.1, 0.15) is 51.9 Å². The topological polar surface area (TPSA) is 15.3 Å². The van der Waals surface area contributed by atoms with E-state index < -0.39 is 0 Å². The average Bonchev–Trinajstić information content (AvgIpc) is 3.08. The van der Waals surface area contributed by atoms with E-state index >= 15 is 0 Å². The van der Waals surface area contributed by atoms with E-state index in [1.165, 1.54) is 51.5 Å². The predicted octanol–water partition coefficient (Wildman–Crippen LogP) is 3.44. The standard InChI is InChI=1S/C18H32N2/c1-14(17-12-15-7-8-16(17)11-15)19-13-18(20(2)3)9-5-4-6-10-18/h7-8,14-17,19H,4-6,9-13H2,1-3H3. The van der Waals surface area contributed by atoms with E-state index in [0.717, 1.165) is 17.8 Å². The molecule has 3 aliphatic carbocycles. The summed E-state index contributed by atoms with van der Waals surface area (Å²) >= 11 is 0. The SMILES string of the molecule is CC(NCC1(N(C)C)CCCCC1)C1CC2C=CC1C2. The molecule has 1 N–H and O–H groups in total. The third-order valence-corrected chi connectivity index (χ3v) is 6.46. The zero-order chi connectivity index (χ0) is 14.2. The van der Waals surface area contributed by atoms with Gasteiger partial charge in [-0.2, -0.15) is 0 Å². The van der Waals surface area contributed by atoms with Gasteiger partial charge in [-0.15, -0.1) is 0 Å². The first-order chi connectivity index (χ1) is 9.61. The summed E-state index contributed by atoms with van der Waals surface area (Å²) in [5.74, 6) is 2.64. The maximum absolute atomic E-state index is 3.93. The maximum Gasteiger partial charge on any atom is 0.0327 e. The van der Waals surface area contributed by atoms with Crippen molar-refractivity contribution in [2.45, 2.75) is 63.5 Å². The summed E-state index contributed by atoms with van der Waals surface area (Å²) in [6, 6.07) is 0.675. The lowest BCUT2D eigenvalue weighted by Gasteiger charge is -2.44. The Balaban J connectivity index is 1.56. The molecule has 0 amide bonds. The lowest BCUT2D eigenvalue weighted by Crippen LogP contribution is -2.55. The van der Waals surface area contributed by atoms with Crippen molar-refractivity contribution >= 4 is 0 Å². The molecule has 0 aliphatic heterocycles. The van der Waals surface area contributed by atoms with Gasteiger partial charge in [0.2, 0.25) is 0 Å². The van der Waals surface area contributed by atoms with E-state index in [2.05, 4.69) is 43.4 Å². The molecule has 0 aromatic heterocycles. The fraction of sp³-hybridized carbons (Fsp3) is 0.889. The van der Waals surface area contributed by atoms with Crippen LogP contribution >= 0.6 is 0 Å². The molecule has 2 bridgehead atoms. The van der Waals surface area contributed by atoms with Gasteiger partial charge in [-0.25, -0.2) is 0 Å². The molecule has 0 heterocycles. The van der Waals surface area contributed by atoms with Crippen molar-refractivity contribution in [1.29, 1.82) is 0 Å². The molecule has 2 fully saturated rings. The molecular weight excluding hydrogens is 244 g/mol. The van der Waals surface area contributed by atoms with Gasteiger partial charge in [0.05, 0.1) is 0 Å². The molecule has 2 saturated carbocycles. The second-order valence-electron chi connectivity index (χ2n) is 7.79. The summed E-state index contributed by atoms with van der Waals surface area (Å²) in [5.41, 5.74) is 0.417. The van der Waals surface area contributed by atoms with Crippen molar-refractivity contribution in [2.24, 2.45) is 17.8 Å². The number of rotatable bonds is 5. The summed E-state index contributed by atoms with van der Waals surface area (Å²) in [6.07, 6.45) is 14.8. The van der Waals surface area contributed by atoms with Crippen LogP contribution in [0.3, 0.4) is 0 Å². The van der Waals surface area contributed by atoms with Gasteiger partial charge >= 0.3 is 0 Å². The molecule has 3 aliphatic rings. The molecule has 0 aromatic carbocycles. The molecule has 2 heteroatoms. The fourth-order valence-electron chi connectivity index (χ4n) is 4.89. The van der Waals surface area contributed by atoms with Crippen LogP contribution in [-0.4, -0.2) is 37.1 Å². The number of hydrogen-bond acceptors (Lipinski definition) is 2. The van der Waals surface area contributed by atoms with Gasteiger partial charge in [0.15, 0.2) is 0 Å². The minimum Gasteiger partial charge on any atom is -0.312 e. The van der Waals surface area contributed by atoms with Crippen LogP contribution < -0.4 is 5.32 Å². The molecular formula is C18H32N2. The smallest absolute Gasteiger partial charge is 0.0327 e. The highest BCUT2D eigenvalue weighted by atomic mass is 15.2. The number of likely N-dealkylation sites (N-methyl/N-ethyl adjacent to an activating group) is 1. The minimum absolute atomic E-state index is 0.417. The monoisotopic (exact) mass is 276 g/mol. The number of hydrogen-bond donors (Lipinski definition) is 1. The van der Waals surface area contributed by atoms with Crippen LogP contribution in [0.25, 0.3) is 0 Å². The summed E-state index contributed by atoms with van der Waals surface area (Å²) in [5, 5.41) is 3.93. The summed E-state index contributed by atoms with van der Waals surface area (Å²) in [6.45, 7) is 3.60. The Hall–Kier alpha value is -0.340. The van der Waals surface area contributed by atoms with Gasteiger partial charge in [0, 0.05) is 18.1 Å². The Bertz CT molecular complexity index is 354. The van der Waals surface area contributed by atoms with Gasteiger partial charge < -0.3 is 10.2 Å². The van der Waals surface area contributed by atoms with E-state index in [1.54, 1.807) is 0 Å². The van der Waals surface area contributed by atoms with Crippen LogP contribution in [0.2, 0.25) is 0 Å². The molecule has 0 aromatic rings. The summed E-state index contributed by atoms with van der Waals surface area (Å²) in [7, 11) is 4.55. The minimum atomic E-state index is 0.417. The second-order valence-corrected chi connectivity index (χ2v) is 7.79. The van der Waals surface area contributed by atoms with E-state index in [1.807, 2.05) is 0 Å². The van der Waals surface area contributed by atoms with Gasteiger partial charge in [0.1, 0.15) is 0 Å². The Morgan fingerprint density at radius 1 is 1.15 bits per heavy atom. The molecule has 0 saturated heterocycles. The Morgan fingerprint density at radius 3 is 2.45 bits per heavy atom. The predicted molar refractivity (Wildman–Crippen MR) is 85.8 cm³/mol. The zero-order valence-corrected chi connectivity index (χ0v) is 13.6. The van der Waals surface area contributed by atoms with Crippen LogP contribution in [0.15, 0.2) is 12.2 Å². The zero-order valence-electron chi connectivity index (χ0n) is 13.6. The third kappa shape index (κ3) is 2.69. The third-order valence-electron chi connectivity index (χ3n) is 6.46. The highest BCUT2D eigenvalue weighted by molar-refractivity contribution is 5.11. The van der Waals surface area contributed by atoms with Crippen molar-refractivity contribution in [2.75, 3.05) is 20.6 Å². The van der Waals surface area contributed by atoms with Gasteiger partial charge in [0.25, 0.3) is 0 Å². The first kappa shape index (κ1) is 14.6. The molecule has 4 unspecified atom stereocenters. The normalized spacial score (nSPS) is 36.7. The van der Waals surface area contributed by atoms with Gasteiger partial charge in [-0.1, -0.05) is 31.4 Å².